The first kappa shape index (κ1) is 22.8. The minimum Gasteiger partial charge on any atom is -0.480 e. The van der Waals surface area contributed by atoms with E-state index in [2.05, 4.69) is 6.92 Å². The number of carbonyl (C=O) groups is 1. The van der Waals surface area contributed by atoms with E-state index in [9.17, 15) is 14.7 Å². The molecule has 1 saturated heterocycles. The summed E-state index contributed by atoms with van der Waals surface area (Å²) < 4.78 is 11.6. The van der Waals surface area contributed by atoms with Crippen LogP contribution in [0.1, 0.15) is 69.9 Å². The molecule has 2 fully saturated rings. The van der Waals surface area contributed by atoms with Crippen LogP contribution >= 0.6 is 0 Å². The van der Waals surface area contributed by atoms with Crippen molar-refractivity contribution in [1.82, 2.24) is 4.90 Å². The van der Waals surface area contributed by atoms with E-state index in [1.807, 2.05) is 24.0 Å². The second-order valence-corrected chi connectivity index (χ2v) is 9.60. The van der Waals surface area contributed by atoms with Gasteiger partial charge in [-0.3, -0.25) is 4.79 Å². The Bertz CT molecular complexity index is 1040. The highest BCUT2D eigenvalue weighted by Gasteiger charge is 2.44. The van der Waals surface area contributed by atoms with Crippen molar-refractivity contribution in [3.63, 3.8) is 0 Å². The zero-order valence-electron chi connectivity index (χ0n) is 19.5. The summed E-state index contributed by atoms with van der Waals surface area (Å²) in [5.41, 5.74) is 1.29. The first-order valence-corrected chi connectivity index (χ1v) is 12.1. The molecule has 1 aromatic carbocycles. The van der Waals surface area contributed by atoms with Gasteiger partial charge in [0.15, 0.2) is 6.10 Å². The summed E-state index contributed by atoms with van der Waals surface area (Å²) in [6, 6.07) is 5.37. The highest BCUT2D eigenvalue weighted by Crippen LogP contribution is 2.40. The average molecular weight is 442 g/mol. The van der Waals surface area contributed by atoms with Crippen molar-refractivity contribution in [2.24, 2.45) is 5.92 Å². The summed E-state index contributed by atoms with van der Waals surface area (Å²) in [6.07, 6.45) is 6.86. The molecule has 2 aromatic rings. The molecule has 3 atom stereocenters. The van der Waals surface area contributed by atoms with E-state index in [0.29, 0.717) is 30.8 Å². The number of nitrogens with zero attached hydrogens (tertiary/aromatic N) is 1. The Kier molecular flexibility index (Phi) is 6.61. The molecule has 4 rings (SSSR count). The Morgan fingerprint density at radius 1 is 1.34 bits per heavy atom. The van der Waals surface area contributed by atoms with Crippen molar-refractivity contribution in [2.45, 2.75) is 83.8 Å². The summed E-state index contributed by atoms with van der Waals surface area (Å²) in [6.45, 7) is 6.91. The summed E-state index contributed by atoms with van der Waals surface area (Å²) in [5, 5.41) is 11.8. The van der Waals surface area contributed by atoms with Crippen LogP contribution in [-0.4, -0.2) is 40.7 Å². The summed E-state index contributed by atoms with van der Waals surface area (Å²) in [7, 11) is 0. The van der Waals surface area contributed by atoms with Gasteiger partial charge in [-0.2, -0.15) is 0 Å². The monoisotopic (exact) mass is 441 g/mol. The normalized spacial score (nSPS) is 24.2. The molecule has 1 aromatic heterocycles. The Morgan fingerprint density at radius 3 is 2.94 bits per heavy atom. The molecule has 1 N–H and O–H groups in total. The number of aryl methyl sites for hydroxylation is 2. The number of ether oxygens (including phenoxy) is 1. The maximum atomic E-state index is 13.1. The summed E-state index contributed by atoms with van der Waals surface area (Å²) in [4.78, 5) is 27.1. The van der Waals surface area contributed by atoms with Gasteiger partial charge in [0.1, 0.15) is 11.3 Å². The lowest BCUT2D eigenvalue weighted by Crippen LogP contribution is -2.56. The number of aliphatic hydroxyl groups is 1. The van der Waals surface area contributed by atoms with Gasteiger partial charge in [-0.15, -0.1) is 0 Å². The minimum atomic E-state index is -0.657. The molecule has 2 heterocycles. The number of likely N-dealkylation sites (tertiary alicyclic amines) is 1. The number of rotatable bonds is 6. The Balaban J connectivity index is 1.51. The van der Waals surface area contributed by atoms with Crippen LogP contribution in [0.4, 0.5) is 0 Å². The van der Waals surface area contributed by atoms with Crippen molar-refractivity contribution in [3.8, 4) is 5.75 Å². The molecule has 1 amide bonds. The number of fused-ring (bicyclic) bond motifs is 2. The smallest absolute Gasteiger partial charge is 0.336 e. The molecule has 0 radical (unpaired) electrons. The van der Waals surface area contributed by atoms with Gasteiger partial charge in [-0.1, -0.05) is 26.2 Å². The zero-order chi connectivity index (χ0) is 22.9. The highest BCUT2D eigenvalue weighted by molar-refractivity contribution is 5.85. The van der Waals surface area contributed by atoms with Crippen molar-refractivity contribution >= 4 is 16.9 Å². The van der Waals surface area contributed by atoms with Crippen molar-refractivity contribution in [1.29, 1.82) is 0 Å². The predicted molar refractivity (Wildman–Crippen MR) is 124 cm³/mol. The number of hydrogen-bond donors (Lipinski definition) is 1. The minimum absolute atomic E-state index is 0.0599. The largest absolute Gasteiger partial charge is 0.480 e. The Hall–Kier alpha value is -2.34. The number of piperidine rings is 1. The quantitative estimate of drug-likeness (QED) is 0.674. The fourth-order valence-electron chi connectivity index (χ4n) is 5.38. The molecule has 2 aliphatic rings. The van der Waals surface area contributed by atoms with E-state index in [1.165, 1.54) is 0 Å². The van der Waals surface area contributed by atoms with E-state index >= 15 is 0 Å². The fourth-order valence-corrected chi connectivity index (χ4v) is 5.38. The topological polar surface area (TPSA) is 80.0 Å². The van der Waals surface area contributed by atoms with Crippen LogP contribution in [-0.2, 0) is 11.2 Å². The Labute approximate surface area is 189 Å². The number of carbonyl (C=O) groups excluding carboxylic acids is 1. The number of hydrogen-bond acceptors (Lipinski definition) is 5. The van der Waals surface area contributed by atoms with Crippen LogP contribution in [0.5, 0.6) is 5.75 Å². The maximum Gasteiger partial charge on any atom is 0.336 e. The van der Waals surface area contributed by atoms with Crippen LogP contribution in [0.25, 0.3) is 11.0 Å². The SMILES string of the molecule is CCCCc1cc(=O)oc2c(C)c(OC(C)C(=O)N3CC[C@@]4(O)CCCC[C@H]4C3)ccc12. The predicted octanol–water partition coefficient (Wildman–Crippen LogP) is 4.36. The van der Waals surface area contributed by atoms with Gasteiger partial charge in [0.2, 0.25) is 0 Å². The lowest BCUT2D eigenvalue weighted by molar-refractivity contribution is -0.149. The number of benzene rings is 1. The average Bonchev–Trinajstić information content (AvgIpc) is 2.78. The molecule has 0 spiro atoms. The lowest BCUT2D eigenvalue weighted by Gasteiger charge is -2.47. The van der Waals surface area contributed by atoms with Crippen molar-refractivity contribution in [2.75, 3.05) is 13.1 Å². The zero-order valence-corrected chi connectivity index (χ0v) is 19.5. The molecule has 32 heavy (non-hydrogen) atoms. The molecular formula is C26H35NO5. The fraction of sp³-hybridized carbons (Fsp3) is 0.615. The van der Waals surface area contributed by atoms with Crippen molar-refractivity contribution in [3.05, 3.63) is 39.7 Å². The molecule has 1 aliphatic carbocycles. The number of unbranched alkanes of at least 4 members (excludes halogenated alkanes) is 1. The molecular weight excluding hydrogens is 406 g/mol. The third-order valence-corrected chi connectivity index (χ3v) is 7.39. The molecule has 0 bridgehead atoms. The van der Waals surface area contributed by atoms with Gasteiger partial charge in [-0.25, -0.2) is 4.79 Å². The second-order valence-electron chi connectivity index (χ2n) is 9.60. The highest BCUT2D eigenvalue weighted by atomic mass is 16.5. The van der Waals surface area contributed by atoms with Gasteiger partial charge in [-0.05, 0) is 63.6 Å². The maximum absolute atomic E-state index is 13.1. The second kappa shape index (κ2) is 9.26. The molecule has 1 unspecified atom stereocenters. The third-order valence-electron chi connectivity index (χ3n) is 7.39. The van der Waals surface area contributed by atoms with Crippen LogP contribution in [0.2, 0.25) is 0 Å². The van der Waals surface area contributed by atoms with E-state index in [0.717, 1.165) is 61.5 Å². The molecule has 1 aliphatic heterocycles. The Morgan fingerprint density at radius 2 is 2.16 bits per heavy atom. The first-order chi connectivity index (χ1) is 15.3. The van der Waals surface area contributed by atoms with Gasteiger partial charge < -0.3 is 19.2 Å². The van der Waals surface area contributed by atoms with E-state index in [-0.39, 0.29) is 17.5 Å². The van der Waals surface area contributed by atoms with Crippen LogP contribution in [0.15, 0.2) is 27.4 Å². The molecule has 174 valence electrons. The van der Waals surface area contributed by atoms with Gasteiger partial charge in [0.25, 0.3) is 5.91 Å². The van der Waals surface area contributed by atoms with Gasteiger partial charge in [0.05, 0.1) is 5.60 Å². The van der Waals surface area contributed by atoms with Crippen LogP contribution in [0, 0.1) is 12.8 Å². The van der Waals surface area contributed by atoms with Gasteiger partial charge in [0, 0.05) is 36.0 Å². The summed E-state index contributed by atoms with van der Waals surface area (Å²) >= 11 is 0. The van der Waals surface area contributed by atoms with Crippen LogP contribution in [0.3, 0.4) is 0 Å². The van der Waals surface area contributed by atoms with Gasteiger partial charge >= 0.3 is 5.63 Å². The van der Waals surface area contributed by atoms with Crippen LogP contribution < -0.4 is 10.4 Å². The lowest BCUT2D eigenvalue weighted by atomic mass is 9.71. The van der Waals surface area contributed by atoms with E-state index in [1.54, 1.807) is 13.0 Å². The van der Waals surface area contributed by atoms with Crippen molar-refractivity contribution < 1.29 is 19.1 Å². The molecule has 1 saturated carbocycles. The standard InChI is InChI=1S/C26H35NO5/c1-4-5-8-19-15-23(28)32-24-17(2)22(11-10-21(19)24)31-18(3)25(29)27-14-13-26(30)12-7-6-9-20(26)16-27/h10-11,15,18,20,30H,4-9,12-14,16H2,1-3H3/t18?,20-,26-/m0/s1. The number of amides is 1. The van der Waals surface area contributed by atoms with E-state index in [4.69, 9.17) is 9.15 Å². The summed E-state index contributed by atoms with van der Waals surface area (Å²) in [5.74, 6) is 0.648. The first-order valence-electron chi connectivity index (χ1n) is 12.1. The van der Waals surface area contributed by atoms with E-state index < -0.39 is 11.7 Å². The third kappa shape index (κ3) is 4.42. The molecule has 6 nitrogen and oxygen atoms in total. The molecule has 6 heteroatoms.